The number of aromatic nitrogens is 2. The topological polar surface area (TPSA) is 64.9 Å². The number of hydrogen-bond acceptors (Lipinski definition) is 4. The van der Waals surface area contributed by atoms with Crippen molar-refractivity contribution in [3.63, 3.8) is 0 Å². The van der Waals surface area contributed by atoms with Gasteiger partial charge in [0.1, 0.15) is 0 Å². The van der Waals surface area contributed by atoms with Gasteiger partial charge in [-0.3, -0.25) is 0 Å². The Morgan fingerprint density at radius 1 is 0.952 bits per heavy atom. The first-order valence-corrected chi connectivity index (χ1v) is 7.06. The number of nitrogens with zero attached hydrogens (tertiary/aromatic N) is 2. The standard InChI is InChI=1S/C17H15N3O/c18-15-8-4-3-7-14(15)16-19-17(21-20-16)13-9-11-5-1-2-6-12(11)10-13/h1-8,13H,9-10,18H2. The molecule has 4 heteroatoms. The minimum Gasteiger partial charge on any atom is -0.398 e. The molecule has 1 aliphatic rings. The van der Waals surface area contributed by atoms with E-state index in [1.807, 2.05) is 24.3 Å². The van der Waals surface area contributed by atoms with Gasteiger partial charge >= 0.3 is 0 Å². The number of nitrogens with two attached hydrogens (primary N) is 1. The highest BCUT2D eigenvalue weighted by atomic mass is 16.5. The van der Waals surface area contributed by atoms with E-state index in [1.54, 1.807) is 0 Å². The predicted molar refractivity (Wildman–Crippen MR) is 80.7 cm³/mol. The van der Waals surface area contributed by atoms with Crippen molar-refractivity contribution in [2.24, 2.45) is 0 Å². The van der Waals surface area contributed by atoms with Gasteiger partial charge in [0, 0.05) is 17.2 Å². The molecule has 3 aromatic rings. The Hall–Kier alpha value is -2.62. The van der Waals surface area contributed by atoms with Crippen molar-refractivity contribution < 1.29 is 4.52 Å². The second kappa shape index (κ2) is 4.74. The first-order valence-electron chi connectivity index (χ1n) is 7.06. The van der Waals surface area contributed by atoms with Crippen LogP contribution in [0.5, 0.6) is 0 Å². The summed E-state index contributed by atoms with van der Waals surface area (Å²) in [5.74, 6) is 1.54. The largest absolute Gasteiger partial charge is 0.398 e. The van der Waals surface area contributed by atoms with Crippen LogP contribution >= 0.6 is 0 Å². The third kappa shape index (κ3) is 2.09. The van der Waals surface area contributed by atoms with E-state index in [4.69, 9.17) is 10.3 Å². The molecule has 0 bridgehead atoms. The quantitative estimate of drug-likeness (QED) is 0.730. The number of para-hydroxylation sites is 1. The average Bonchev–Trinajstić information content (AvgIpc) is 3.14. The van der Waals surface area contributed by atoms with Gasteiger partial charge in [0.15, 0.2) is 0 Å². The Balaban J connectivity index is 1.63. The second-order valence-electron chi connectivity index (χ2n) is 5.42. The molecule has 1 heterocycles. The Bertz CT molecular complexity index is 769. The van der Waals surface area contributed by atoms with Crippen molar-refractivity contribution in [3.8, 4) is 11.4 Å². The maximum Gasteiger partial charge on any atom is 0.230 e. The molecule has 4 rings (SSSR count). The lowest BCUT2D eigenvalue weighted by Crippen LogP contribution is -1.98. The molecule has 104 valence electrons. The molecule has 0 radical (unpaired) electrons. The molecule has 1 aliphatic carbocycles. The molecular weight excluding hydrogens is 262 g/mol. The van der Waals surface area contributed by atoms with Gasteiger partial charge in [0.05, 0.1) is 0 Å². The zero-order valence-corrected chi connectivity index (χ0v) is 11.5. The van der Waals surface area contributed by atoms with Crippen molar-refractivity contribution in [1.29, 1.82) is 0 Å². The van der Waals surface area contributed by atoms with Gasteiger partial charge in [-0.2, -0.15) is 4.98 Å². The molecule has 0 fully saturated rings. The first-order chi connectivity index (χ1) is 10.3. The zero-order chi connectivity index (χ0) is 14.2. The summed E-state index contributed by atoms with van der Waals surface area (Å²) in [5, 5.41) is 4.09. The average molecular weight is 277 g/mol. The van der Waals surface area contributed by atoms with Crippen LogP contribution in [0, 0.1) is 0 Å². The molecule has 0 atom stereocenters. The molecule has 0 saturated carbocycles. The zero-order valence-electron chi connectivity index (χ0n) is 11.5. The lowest BCUT2D eigenvalue weighted by Gasteiger charge is -2.01. The smallest absolute Gasteiger partial charge is 0.230 e. The first kappa shape index (κ1) is 12.1. The van der Waals surface area contributed by atoms with Crippen LogP contribution in [0.15, 0.2) is 53.1 Å². The van der Waals surface area contributed by atoms with E-state index in [0.29, 0.717) is 17.4 Å². The molecule has 1 aromatic heterocycles. The molecular formula is C17H15N3O. The van der Waals surface area contributed by atoms with E-state index in [-0.39, 0.29) is 5.92 Å². The van der Waals surface area contributed by atoms with Gasteiger partial charge in [-0.25, -0.2) is 0 Å². The SMILES string of the molecule is Nc1ccccc1-c1noc(C2Cc3ccccc3C2)n1. The van der Waals surface area contributed by atoms with Gasteiger partial charge in [0.25, 0.3) is 0 Å². The van der Waals surface area contributed by atoms with Crippen LogP contribution in [0.25, 0.3) is 11.4 Å². The highest BCUT2D eigenvalue weighted by Gasteiger charge is 2.27. The minimum atomic E-state index is 0.272. The number of anilines is 1. The molecule has 2 aromatic carbocycles. The molecule has 0 aliphatic heterocycles. The van der Waals surface area contributed by atoms with E-state index < -0.39 is 0 Å². The summed E-state index contributed by atoms with van der Waals surface area (Å²) in [6.07, 6.45) is 1.92. The van der Waals surface area contributed by atoms with Crippen LogP contribution in [-0.2, 0) is 12.8 Å². The van der Waals surface area contributed by atoms with E-state index in [1.165, 1.54) is 11.1 Å². The van der Waals surface area contributed by atoms with Crippen LogP contribution in [0.1, 0.15) is 22.9 Å². The number of fused-ring (bicyclic) bond motifs is 1. The summed E-state index contributed by atoms with van der Waals surface area (Å²) >= 11 is 0. The molecule has 0 saturated heterocycles. The van der Waals surface area contributed by atoms with Crippen molar-refractivity contribution in [2.75, 3.05) is 5.73 Å². The van der Waals surface area contributed by atoms with Gasteiger partial charge in [0.2, 0.25) is 11.7 Å². The summed E-state index contributed by atoms with van der Waals surface area (Å²) in [5.41, 5.74) is 10.2. The number of hydrogen-bond donors (Lipinski definition) is 1. The van der Waals surface area contributed by atoms with Gasteiger partial charge < -0.3 is 10.3 Å². The number of nitrogen functional groups attached to an aromatic ring is 1. The van der Waals surface area contributed by atoms with E-state index in [0.717, 1.165) is 18.4 Å². The summed E-state index contributed by atoms with van der Waals surface area (Å²) in [7, 11) is 0. The Labute approximate surface area is 122 Å². The Morgan fingerprint density at radius 2 is 1.62 bits per heavy atom. The second-order valence-corrected chi connectivity index (χ2v) is 5.42. The third-order valence-electron chi connectivity index (χ3n) is 4.04. The van der Waals surface area contributed by atoms with Crippen molar-refractivity contribution in [3.05, 3.63) is 65.5 Å². The van der Waals surface area contributed by atoms with E-state index >= 15 is 0 Å². The molecule has 21 heavy (non-hydrogen) atoms. The molecule has 4 nitrogen and oxygen atoms in total. The van der Waals surface area contributed by atoms with Crippen molar-refractivity contribution in [1.82, 2.24) is 10.1 Å². The minimum absolute atomic E-state index is 0.272. The predicted octanol–water partition coefficient (Wildman–Crippen LogP) is 3.20. The monoisotopic (exact) mass is 277 g/mol. The van der Waals surface area contributed by atoms with Crippen LogP contribution < -0.4 is 5.73 Å². The van der Waals surface area contributed by atoms with Gasteiger partial charge in [-0.05, 0) is 36.1 Å². The number of benzene rings is 2. The normalized spacial score (nSPS) is 14.3. The molecule has 0 unspecified atom stereocenters. The van der Waals surface area contributed by atoms with E-state index in [9.17, 15) is 0 Å². The third-order valence-corrected chi connectivity index (χ3v) is 4.04. The van der Waals surface area contributed by atoms with Gasteiger partial charge in [-0.15, -0.1) is 0 Å². The van der Waals surface area contributed by atoms with E-state index in [2.05, 4.69) is 34.4 Å². The number of rotatable bonds is 2. The summed E-state index contributed by atoms with van der Waals surface area (Å²) in [6.45, 7) is 0. The highest BCUT2D eigenvalue weighted by Crippen LogP contribution is 2.34. The van der Waals surface area contributed by atoms with Crippen molar-refractivity contribution in [2.45, 2.75) is 18.8 Å². The maximum atomic E-state index is 5.96. The van der Waals surface area contributed by atoms with Crippen LogP contribution in [-0.4, -0.2) is 10.1 Å². The molecule has 2 N–H and O–H groups in total. The highest BCUT2D eigenvalue weighted by molar-refractivity contribution is 5.70. The fourth-order valence-corrected chi connectivity index (χ4v) is 2.94. The van der Waals surface area contributed by atoms with Crippen molar-refractivity contribution >= 4 is 5.69 Å². The summed E-state index contributed by atoms with van der Waals surface area (Å²) < 4.78 is 5.47. The molecule has 0 spiro atoms. The van der Waals surface area contributed by atoms with Crippen LogP contribution in [0.3, 0.4) is 0 Å². The fourth-order valence-electron chi connectivity index (χ4n) is 2.94. The van der Waals surface area contributed by atoms with Crippen LogP contribution in [0.4, 0.5) is 5.69 Å². The Kier molecular flexibility index (Phi) is 2.74. The molecule has 0 amide bonds. The van der Waals surface area contributed by atoms with Gasteiger partial charge in [-0.1, -0.05) is 41.6 Å². The fraction of sp³-hybridized carbons (Fsp3) is 0.176. The maximum absolute atomic E-state index is 5.96. The summed E-state index contributed by atoms with van der Waals surface area (Å²) in [4.78, 5) is 4.55. The van der Waals surface area contributed by atoms with Crippen LogP contribution in [0.2, 0.25) is 0 Å². The Morgan fingerprint density at radius 3 is 2.33 bits per heavy atom. The lowest BCUT2D eigenvalue weighted by atomic mass is 10.1. The summed E-state index contributed by atoms with van der Waals surface area (Å²) in [6, 6.07) is 16.1. The lowest BCUT2D eigenvalue weighted by molar-refractivity contribution is 0.356.